The average molecular weight is 278 g/mol. The topological polar surface area (TPSA) is 6.48 Å². The molecule has 1 heterocycles. The highest BCUT2D eigenvalue weighted by molar-refractivity contribution is 5.59. The van der Waals surface area contributed by atoms with Gasteiger partial charge in [0.2, 0.25) is 0 Å². The second-order valence-electron chi connectivity index (χ2n) is 5.42. The van der Waals surface area contributed by atoms with E-state index in [9.17, 15) is 0 Å². The van der Waals surface area contributed by atoms with E-state index in [0.29, 0.717) is 0 Å². The van der Waals surface area contributed by atoms with Crippen molar-refractivity contribution in [1.82, 2.24) is 0 Å². The molecular formula is C19H22N2. The SMILES string of the molecule is CCc1ccc(N2C=CN(c3ccc(CC)cc3)C2)cc1. The fourth-order valence-electron chi connectivity index (χ4n) is 2.60. The molecular weight excluding hydrogens is 256 g/mol. The lowest BCUT2D eigenvalue weighted by molar-refractivity contribution is 0.972. The molecule has 0 saturated carbocycles. The molecule has 3 rings (SSSR count). The first-order valence-corrected chi connectivity index (χ1v) is 7.69. The molecule has 2 aromatic carbocycles. The Labute approximate surface area is 127 Å². The highest BCUT2D eigenvalue weighted by Crippen LogP contribution is 2.24. The van der Waals surface area contributed by atoms with Gasteiger partial charge in [-0.15, -0.1) is 0 Å². The molecule has 0 radical (unpaired) electrons. The molecule has 0 amide bonds. The molecule has 0 N–H and O–H groups in total. The Kier molecular flexibility index (Phi) is 3.96. The number of nitrogens with zero attached hydrogens (tertiary/aromatic N) is 2. The van der Waals surface area contributed by atoms with E-state index in [0.717, 1.165) is 19.5 Å². The Morgan fingerprint density at radius 3 is 1.38 bits per heavy atom. The van der Waals surface area contributed by atoms with Crippen molar-refractivity contribution in [1.29, 1.82) is 0 Å². The highest BCUT2D eigenvalue weighted by Gasteiger charge is 2.15. The zero-order valence-corrected chi connectivity index (χ0v) is 12.8. The maximum Gasteiger partial charge on any atom is 0.0989 e. The summed E-state index contributed by atoms with van der Waals surface area (Å²) in [4.78, 5) is 4.54. The van der Waals surface area contributed by atoms with Crippen LogP contribution in [0, 0.1) is 0 Å². The maximum atomic E-state index is 2.27. The second-order valence-corrected chi connectivity index (χ2v) is 5.42. The third-order valence-corrected chi connectivity index (χ3v) is 4.08. The van der Waals surface area contributed by atoms with Crippen LogP contribution in [0.25, 0.3) is 0 Å². The largest absolute Gasteiger partial charge is 0.328 e. The quantitative estimate of drug-likeness (QED) is 0.808. The summed E-state index contributed by atoms with van der Waals surface area (Å²) in [5.41, 5.74) is 5.26. The highest BCUT2D eigenvalue weighted by atomic mass is 15.3. The molecule has 108 valence electrons. The van der Waals surface area contributed by atoms with Crippen molar-refractivity contribution in [3.05, 3.63) is 72.1 Å². The van der Waals surface area contributed by atoms with Crippen molar-refractivity contribution in [2.45, 2.75) is 26.7 Å². The lowest BCUT2D eigenvalue weighted by Gasteiger charge is -2.21. The first-order chi connectivity index (χ1) is 10.3. The lowest BCUT2D eigenvalue weighted by atomic mass is 10.1. The summed E-state index contributed by atoms with van der Waals surface area (Å²) in [5.74, 6) is 0. The molecule has 0 aromatic heterocycles. The molecule has 1 aliphatic rings. The molecule has 1 aliphatic heterocycles. The fourth-order valence-corrected chi connectivity index (χ4v) is 2.60. The monoisotopic (exact) mass is 278 g/mol. The summed E-state index contributed by atoms with van der Waals surface area (Å²) in [5, 5.41) is 0. The standard InChI is InChI=1S/C19H22N2/c1-3-16-5-9-18(10-6-16)20-13-14-21(15-20)19-11-7-17(4-2)8-12-19/h5-14H,3-4,15H2,1-2H3. The Hall–Kier alpha value is -2.22. The van der Waals surface area contributed by atoms with Crippen molar-refractivity contribution < 1.29 is 0 Å². The van der Waals surface area contributed by atoms with Gasteiger partial charge in [-0.05, 0) is 48.2 Å². The number of rotatable bonds is 4. The van der Waals surface area contributed by atoms with Gasteiger partial charge in [0.1, 0.15) is 0 Å². The minimum absolute atomic E-state index is 0.872. The Morgan fingerprint density at radius 2 is 1.05 bits per heavy atom. The van der Waals surface area contributed by atoms with Crippen LogP contribution in [0.4, 0.5) is 11.4 Å². The zero-order valence-electron chi connectivity index (χ0n) is 12.8. The summed E-state index contributed by atoms with van der Waals surface area (Å²) in [7, 11) is 0. The molecule has 0 atom stereocenters. The maximum absolute atomic E-state index is 2.27. The zero-order chi connectivity index (χ0) is 14.7. The minimum Gasteiger partial charge on any atom is -0.328 e. The van der Waals surface area contributed by atoms with E-state index < -0.39 is 0 Å². The van der Waals surface area contributed by atoms with Crippen molar-refractivity contribution in [3.63, 3.8) is 0 Å². The van der Waals surface area contributed by atoms with Crippen LogP contribution in [0.15, 0.2) is 60.9 Å². The van der Waals surface area contributed by atoms with E-state index in [1.807, 2.05) is 0 Å². The van der Waals surface area contributed by atoms with Gasteiger partial charge in [-0.2, -0.15) is 0 Å². The molecule has 0 fully saturated rings. The van der Waals surface area contributed by atoms with Gasteiger partial charge in [0.25, 0.3) is 0 Å². The first kappa shape index (κ1) is 13.7. The molecule has 2 heteroatoms. The normalized spacial score (nSPS) is 14.0. The number of anilines is 2. The van der Waals surface area contributed by atoms with Crippen LogP contribution in [0.2, 0.25) is 0 Å². The van der Waals surface area contributed by atoms with Crippen LogP contribution in [-0.2, 0) is 12.8 Å². The molecule has 2 aromatic rings. The predicted octanol–water partition coefficient (Wildman–Crippen LogP) is 4.57. The van der Waals surface area contributed by atoms with Gasteiger partial charge in [0, 0.05) is 23.8 Å². The van der Waals surface area contributed by atoms with Crippen LogP contribution in [-0.4, -0.2) is 6.67 Å². The van der Waals surface area contributed by atoms with E-state index in [4.69, 9.17) is 0 Å². The number of hydrogen-bond acceptors (Lipinski definition) is 2. The molecule has 0 saturated heterocycles. The van der Waals surface area contributed by atoms with Crippen LogP contribution >= 0.6 is 0 Å². The Bertz CT molecular complexity index is 556. The van der Waals surface area contributed by atoms with Crippen LogP contribution < -0.4 is 9.80 Å². The van der Waals surface area contributed by atoms with Crippen molar-refractivity contribution in [2.24, 2.45) is 0 Å². The van der Waals surface area contributed by atoms with E-state index in [1.54, 1.807) is 0 Å². The average Bonchev–Trinajstić information content (AvgIpc) is 3.05. The Balaban J connectivity index is 1.71. The van der Waals surface area contributed by atoms with Gasteiger partial charge in [0.15, 0.2) is 0 Å². The van der Waals surface area contributed by atoms with E-state index in [2.05, 4.69) is 84.6 Å². The smallest absolute Gasteiger partial charge is 0.0989 e. The molecule has 0 aliphatic carbocycles. The Morgan fingerprint density at radius 1 is 0.667 bits per heavy atom. The second kappa shape index (κ2) is 6.04. The summed E-state index contributed by atoms with van der Waals surface area (Å²) in [6.07, 6.45) is 6.47. The van der Waals surface area contributed by atoms with Crippen molar-refractivity contribution in [2.75, 3.05) is 16.5 Å². The van der Waals surface area contributed by atoms with Gasteiger partial charge >= 0.3 is 0 Å². The summed E-state index contributed by atoms with van der Waals surface area (Å²) in [6.45, 7) is 5.25. The molecule has 21 heavy (non-hydrogen) atoms. The lowest BCUT2D eigenvalue weighted by Crippen LogP contribution is -2.24. The molecule has 0 bridgehead atoms. The molecule has 0 unspecified atom stereocenters. The summed E-state index contributed by atoms with van der Waals surface area (Å²) >= 11 is 0. The molecule has 2 nitrogen and oxygen atoms in total. The number of benzene rings is 2. The minimum atomic E-state index is 0.872. The third kappa shape index (κ3) is 2.94. The van der Waals surface area contributed by atoms with E-state index in [1.165, 1.54) is 22.5 Å². The van der Waals surface area contributed by atoms with Gasteiger partial charge in [-0.25, -0.2) is 0 Å². The first-order valence-electron chi connectivity index (χ1n) is 7.69. The van der Waals surface area contributed by atoms with E-state index in [-0.39, 0.29) is 0 Å². The van der Waals surface area contributed by atoms with Crippen molar-refractivity contribution >= 4 is 11.4 Å². The van der Waals surface area contributed by atoms with Crippen molar-refractivity contribution in [3.8, 4) is 0 Å². The third-order valence-electron chi connectivity index (χ3n) is 4.08. The van der Waals surface area contributed by atoms with Gasteiger partial charge in [0.05, 0.1) is 6.67 Å². The summed E-state index contributed by atoms with van der Waals surface area (Å²) < 4.78 is 0. The van der Waals surface area contributed by atoms with Crippen LogP contribution in [0.5, 0.6) is 0 Å². The van der Waals surface area contributed by atoms with Crippen LogP contribution in [0.3, 0.4) is 0 Å². The number of aryl methyl sites for hydroxylation is 2. The van der Waals surface area contributed by atoms with Gasteiger partial charge in [-0.3, -0.25) is 0 Å². The summed E-state index contributed by atoms with van der Waals surface area (Å²) in [6, 6.07) is 17.6. The molecule has 0 spiro atoms. The number of hydrogen-bond donors (Lipinski definition) is 0. The van der Waals surface area contributed by atoms with Gasteiger partial charge in [-0.1, -0.05) is 38.1 Å². The predicted molar refractivity (Wildman–Crippen MR) is 90.6 cm³/mol. The van der Waals surface area contributed by atoms with E-state index >= 15 is 0 Å². The van der Waals surface area contributed by atoms with Gasteiger partial charge < -0.3 is 9.80 Å². The fraction of sp³-hybridized carbons (Fsp3) is 0.263. The van der Waals surface area contributed by atoms with Crippen LogP contribution in [0.1, 0.15) is 25.0 Å².